The van der Waals surface area contributed by atoms with E-state index in [9.17, 15) is 4.79 Å². The van der Waals surface area contributed by atoms with Gasteiger partial charge in [0.1, 0.15) is 5.82 Å². The van der Waals surface area contributed by atoms with Gasteiger partial charge in [-0.05, 0) is 43.0 Å². The summed E-state index contributed by atoms with van der Waals surface area (Å²) in [5, 5.41) is 4.45. The molecule has 0 aliphatic heterocycles. The summed E-state index contributed by atoms with van der Waals surface area (Å²) in [5.41, 5.74) is 4.36. The summed E-state index contributed by atoms with van der Waals surface area (Å²) in [6.07, 6.45) is 6.71. The highest BCUT2D eigenvalue weighted by Crippen LogP contribution is 2.32. The molecule has 0 saturated heterocycles. The number of fused-ring (bicyclic) bond motifs is 2. The zero-order chi connectivity index (χ0) is 19.8. The van der Waals surface area contributed by atoms with Crippen molar-refractivity contribution in [2.75, 3.05) is 0 Å². The number of benzene rings is 2. The number of carbonyl (C=O) groups excluding carboxylic acids is 1. The Hall–Kier alpha value is -3.08. The Kier molecular flexibility index (Phi) is 4.58. The van der Waals surface area contributed by atoms with E-state index < -0.39 is 0 Å². The number of hydrogen-bond donors (Lipinski definition) is 2. The van der Waals surface area contributed by atoms with Crippen LogP contribution in [0.25, 0.3) is 21.9 Å². The number of rotatable bonds is 4. The van der Waals surface area contributed by atoms with Gasteiger partial charge in [0.2, 0.25) is 5.91 Å². The van der Waals surface area contributed by atoms with Crippen LogP contribution < -0.4 is 5.32 Å². The Morgan fingerprint density at radius 2 is 2.00 bits per heavy atom. The van der Waals surface area contributed by atoms with Crippen LogP contribution in [0.15, 0.2) is 54.7 Å². The lowest BCUT2D eigenvalue weighted by Crippen LogP contribution is -2.38. The van der Waals surface area contributed by atoms with Crippen LogP contribution in [-0.2, 0) is 18.3 Å². The van der Waals surface area contributed by atoms with E-state index in [1.807, 2.05) is 37.4 Å². The largest absolute Gasteiger partial charge is 0.353 e. The lowest BCUT2D eigenvalue weighted by molar-refractivity contribution is -0.121. The third-order valence-corrected chi connectivity index (χ3v) is 6.16. The molecule has 5 nitrogen and oxygen atoms in total. The minimum absolute atomic E-state index is 0.108. The first-order chi connectivity index (χ1) is 14.2. The zero-order valence-corrected chi connectivity index (χ0v) is 16.7. The van der Waals surface area contributed by atoms with Crippen LogP contribution in [0.2, 0.25) is 0 Å². The van der Waals surface area contributed by atoms with Gasteiger partial charge in [0.05, 0.1) is 17.5 Å². The van der Waals surface area contributed by atoms with E-state index in [4.69, 9.17) is 4.98 Å². The van der Waals surface area contributed by atoms with E-state index in [-0.39, 0.29) is 11.9 Å². The molecule has 2 aromatic carbocycles. The molecule has 2 atom stereocenters. The Morgan fingerprint density at radius 1 is 1.17 bits per heavy atom. The number of nitrogens with one attached hydrogen (secondary N) is 2. The van der Waals surface area contributed by atoms with E-state index >= 15 is 0 Å². The molecule has 2 aromatic heterocycles. The molecule has 0 bridgehead atoms. The van der Waals surface area contributed by atoms with Gasteiger partial charge in [-0.1, -0.05) is 36.8 Å². The summed E-state index contributed by atoms with van der Waals surface area (Å²) >= 11 is 0. The normalized spacial score (nSPS) is 19.6. The maximum atomic E-state index is 12.8. The lowest BCUT2D eigenvalue weighted by atomic mass is 9.85. The van der Waals surface area contributed by atoms with E-state index in [0.717, 1.165) is 59.0 Å². The van der Waals surface area contributed by atoms with Crippen molar-refractivity contribution in [3.8, 4) is 0 Å². The molecule has 5 heteroatoms. The average molecular weight is 386 g/mol. The maximum Gasteiger partial charge on any atom is 0.224 e. The minimum atomic E-state index is 0.108. The second-order valence-electron chi connectivity index (χ2n) is 8.23. The standard InChI is InChI=1S/C24H26N4O/c1-28-15-17(19-9-2-5-12-22(19)28)14-23(29)25-18-8-6-7-16(13-18)24-26-20-10-3-4-11-21(20)27-24/h2-5,9-12,15-16,18H,6-8,13-14H2,1H3,(H,25,29)(H,26,27). The van der Waals surface area contributed by atoms with Crippen LogP contribution in [-0.4, -0.2) is 26.5 Å². The van der Waals surface area contributed by atoms with Gasteiger partial charge in [0.25, 0.3) is 0 Å². The number of nitrogens with zero attached hydrogens (tertiary/aromatic N) is 2. The number of hydrogen-bond acceptors (Lipinski definition) is 2. The third-order valence-electron chi connectivity index (χ3n) is 6.16. The second kappa shape index (κ2) is 7.39. The quantitative estimate of drug-likeness (QED) is 0.545. The first-order valence-corrected chi connectivity index (χ1v) is 10.4. The predicted octanol–water partition coefficient (Wildman–Crippen LogP) is 4.44. The summed E-state index contributed by atoms with van der Waals surface area (Å²) < 4.78 is 2.09. The van der Waals surface area contributed by atoms with Gasteiger partial charge in [-0.25, -0.2) is 4.98 Å². The molecule has 1 saturated carbocycles. The van der Waals surface area contributed by atoms with Crippen molar-refractivity contribution < 1.29 is 4.79 Å². The summed E-state index contributed by atoms with van der Waals surface area (Å²) in [5.74, 6) is 1.54. The molecule has 148 valence electrons. The fourth-order valence-electron chi connectivity index (χ4n) is 4.75. The van der Waals surface area contributed by atoms with Crippen molar-refractivity contribution in [1.29, 1.82) is 0 Å². The molecule has 1 amide bonds. The Bertz CT molecular complexity index is 1140. The molecule has 5 rings (SSSR count). The van der Waals surface area contributed by atoms with Crippen molar-refractivity contribution in [1.82, 2.24) is 19.9 Å². The Balaban J connectivity index is 1.27. The van der Waals surface area contributed by atoms with Crippen LogP contribution in [0.1, 0.15) is 43.0 Å². The van der Waals surface area contributed by atoms with Gasteiger partial charge in [0, 0.05) is 36.1 Å². The van der Waals surface area contributed by atoms with Gasteiger partial charge in [-0.2, -0.15) is 0 Å². The molecule has 0 radical (unpaired) electrons. The van der Waals surface area contributed by atoms with E-state index in [1.54, 1.807) is 0 Å². The Labute approximate surface area is 170 Å². The third kappa shape index (κ3) is 3.53. The monoisotopic (exact) mass is 386 g/mol. The number of amides is 1. The number of aromatic nitrogens is 3. The van der Waals surface area contributed by atoms with Crippen LogP contribution in [0.5, 0.6) is 0 Å². The summed E-state index contributed by atoms with van der Waals surface area (Å²) in [6, 6.07) is 16.6. The number of imidazole rings is 1. The molecule has 2 unspecified atom stereocenters. The highest BCUT2D eigenvalue weighted by Gasteiger charge is 2.26. The Morgan fingerprint density at radius 3 is 2.90 bits per heavy atom. The van der Waals surface area contributed by atoms with Gasteiger partial charge in [-0.3, -0.25) is 4.79 Å². The molecule has 0 spiro atoms. The number of aromatic amines is 1. The molecular weight excluding hydrogens is 360 g/mol. The maximum absolute atomic E-state index is 12.8. The summed E-state index contributed by atoms with van der Waals surface area (Å²) in [6.45, 7) is 0. The van der Waals surface area contributed by atoms with Crippen molar-refractivity contribution in [3.63, 3.8) is 0 Å². The van der Waals surface area contributed by atoms with Crippen LogP contribution in [0.3, 0.4) is 0 Å². The van der Waals surface area contributed by atoms with E-state index in [1.165, 1.54) is 0 Å². The summed E-state index contributed by atoms with van der Waals surface area (Å²) in [4.78, 5) is 21.0. The van der Waals surface area contributed by atoms with E-state index in [0.29, 0.717) is 12.3 Å². The minimum Gasteiger partial charge on any atom is -0.353 e. The SMILES string of the molecule is Cn1cc(CC(=O)NC2CCCC(c3nc4ccccc4[nH]3)C2)c2ccccc21. The molecule has 29 heavy (non-hydrogen) atoms. The van der Waals surface area contributed by atoms with E-state index in [2.05, 4.69) is 39.3 Å². The van der Waals surface area contributed by atoms with Crippen molar-refractivity contribution >= 4 is 27.8 Å². The van der Waals surface area contributed by atoms with Gasteiger partial charge in [0.15, 0.2) is 0 Å². The van der Waals surface area contributed by atoms with Crippen molar-refractivity contribution in [2.45, 2.75) is 44.1 Å². The fraction of sp³-hybridized carbons (Fsp3) is 0.333. The van der Waals surface area contributed by atoms with Gasteiger partial charge >= 0.3 is 0 Å². The molecule has 4 aromatic rings. The highest BCUT2D eigenvalue weighted by atomic mass is 16.1. The number of carbonyl (C=O) groups is 1. The molecular formula is C24H26N4O. The van der Waals surface area contributed by atoms with Crippen molar-refractivity contribution in [2.24, 2.45) is 7.05 Å². The molecule has 2 heterocycles. The first-order valence-electron chi connectivity index (χ1n) is 10.4. The smallest absolute Gasteiger partial charge is 0.224 e. The van der Waals surface area contributed by atoms with Crippen LogP contribution in [0.4, 0.5) is 0 Å². The molecule has 1 aliphatic rings. The van der Waals surface area contributed by atoms with Crippen molar-refractivity contribution in [3.05, 3.63) is 66.1 Å². The highest BCUT2D eigenvalue weighted by molar-refractivity contribution is 5.89. The number of para-hydroxylation sites is 3. The van der Waals surface area contributed by atoms with Gasteiger partial charge < -0.3 is 14.9 Å². The topological polar surface area (TPSA) is 62.7 Å². The lowest BCUT2D eigenvalue weighted by Gasteiger charge is -2.28. The first kappa shape index (κ1) is 18.0. The molecule has 2 N–H and O–H groups in total. The zero-order valence-electron chi connectivity index (χ0n) is 16.7. The predicted molar refractivity (Wildman–Crippen MR) is 116 cm³/mol. The van der Waals surface area contributed by atoms with Gasteiger partial charge in [-0.15, -0.1) is 0 Å². The molecule has 1 fully saturated rings. The van der Waals surface area contributed by atoms with Crippen LogP contribution in [0, 0.1) is 0 Å². The summed E-state index contributed by atoms with van der Waals surface area (Å²) in [7, 11) is 2.03. The number of H-pyrrole nitrogens is 1. The number of aryl methyl sites for hydroxylation is 1. The average Bonchev–Trinajstić information content (AvgIpc) is 3.30. The van der Waals surface area contributed by atoms with Crippen LogP contribution >= 0.6 is 0 Å². The fourth-order valence-corrected chi connectivity index (χ4v) is 4.75. The molecule has 1 aliphatic carbocycles. The second-order valence-corrected chi connectivity index (χ2v) is 8.23.